The number of amides is 1. The van der Waals surface area contributed by atoms with Crippen LogP contribution >= 0.6 is 0 Å². The van der Waals surface area contributed by atoms with Crippen LogP contribution in [0.2, 0.25) is 0 Å². The quantitative estimate of drug-likeness (QED) is 0.191. The molecule has 1 amide bonds. The van der Waals surface area contributed by atoms with E-state index in [1.807, 2.05) is 26.8 Å². The molecule has 0 unspecified atom stereocenters. The van der Waals surface area contributed by atoms with Crippen molar-refractivity contribution in [1.29, 1.82) is 0 Å². The molecule has 4 rings (SSSR count). The summed E-state index contributed by atoms with van der Waals surface area (Å²) in [7, 11) is 2.80. The number of likely N-dealkylation sites (N-methyl/N-ethyl adjacent to an activating group) is 1. The van der Waals surface area contributed by atoms with Gasteiger partial charge in [0, 0.05) is 25.3 Å². The minimum atomic E-state index is -1.47. The molecule has 0 saturated carbocycles. The third-order valence-corrected chi connectivity index (χ3v) is 7.98. The normalized spacial score (nSPS) is 40.3. The Hall–Kier alpha value is -2.82. The van der Waals surface area contributed by atoms with Gasteiger partial charge >= 0.3 is 5.97 Å². The van der Waals surface area contributed by atoms with Crippen molar-refractivity contribution in [3.05, 3.63) is 35.1 Å². The first-order valence-corrected chi connectivity index (χ1v) is 12.5. The van der Waals surface area contributed by atoms with E-state index in [1.54, 1.807) is 19.9 Å². The lowest BCUT2D eigenvalue weighted by molar-refractivity contribution is -0.387. The van der Waals surface area contributed by atoms with Crippen LogP contribution in [0.25, 0.3) is 0 Å². The molecule has 202 valence electrons. The Labute approximate surface area is 216 Å². The highest BCUT2D eigenvalue weighted by Gasteiger charge is 2.74. The Morgan fingerprint density at radius 3 is 2.46 bits per heavy atom. The lowest BCUT2D eigenvalue weighted by Gasteiger charge is -2.56. The highest BCUT2D eigenvalue weighted by atomic mass is 16.8. The Morgan fingerprint density at radius 2 is 1.86 bits per heavy atom. The zero-order chi connectivity index (χ0) is 27.4. The van der Waals surface area contributed by atoms with Gasteiger partial charge in [-0.15, -0.1) is 0 Å². The predicted molar refractivity (Wildman–Crippen MR) is 130 cm³/mol. The van der Waals surface area contributed by atoms with Crippen LogP contribution in [0.3, 0.4) is 0 Å². The number of fused-ring (bicyclic) bond motifs is 1. The number of allylic oxidation sites excluding steroid dienone is 3. The second-order valence-electron chi connectivity index (χ2n) is 10.8. The average Bonchev–Trinajstić information content (AvgIpc) is 3.20. The van der Waals surface area contributed by atoms with Crippen molar-refractivity contribution in [2.75, 3.05) is 20.7 Å². The van der Waals surface area contributed by atoms with Gasteiger partial charge in [-0.25, -0.2) is 0 Å². The third kappa shape index (κ3) is 4.24. The molecule has 37 heavy (non-hydrogen) atoms. The fourth-order valence-corrected chi connectivity index (χ4v) is 6.20. The highest BCUT2D eigenvalue weighted by Crippen LogP contribution is 2.57. The van der Waals surface area contributed by atoms with E-state index in [0.29, 0.717) is 0 Å². The molecule has 0 aromatic rings. The zero-order valence-electron chi connectivity index (χ0n) is 22.3. The van der Waals surface area contributed by atoms with Crippen molar-refractivity contribution in [3.8, 4) is 0 Å². The number of esters is 1. The molecule has 0 aromatic carbocycles. The third-order valence-electron chi connectivity index (χ3n) is 7.98. The summed E-state index contributed by atoms with van der Waals surface area (Å²) in [6.07, 6.45) is 3.07. The van der Waals surface area contributed by atoms with Gasteiger partial charge in [-0.3, -0.25) is 19.2 Å². The largest absolute Gasteiger partial charge is 0.507 e. The summed E-state index contributed by atoms with van der Waals surface area (Å²) in [6, 6.07) is 0. The standard InChI is InChI=1S/C27H35NO9/c1-13(8-9-17(29)20-19(31)12-28(6)24(20)32)10-14(2)22-15(3)23-18(30)11-26(5)27(36-22,37-23)21(16(4)35-26)25(33)34-7/h8-10,14-16,21-23,29H,11-12H2,1-7H3/b9-8+,13-10+,20-17+/t14-,15-,16-,21-,22-,23+,26+,27+/m1/s1. The van der Waals surface area contributed by atoms with Crippen molar-refractivity contribution in [2.45, 2.75) is 70.7 Å². The van der Waals surface area contributed by atoms with Crippen molar-refractivity contribution in [1.82, 2.24) is 4.90 Å². The van der Waals surface area contributed by atoms with Crippen LogP contribution in [0.4, 0.5) is 0 Å². The van der Waals surface area contributed by atoms with Gasteiger partial charge in [0.15, 0.2) is 11.6 Å². The maximum absolute atomic E-state index is 13.1. The van der Waals surface area contributed by atoms with E-state index in [9.17, 15) is 24.3 Å². The first kappa shape index (κ1) is 27.2. The van der Waals surface area contributed by atoms with Crippen molar-refractivity contribution >= 4 is 23.4 Å². The number of Topliss-reactive ketones (excluding diaryl/α,β-unsaturated/α-hetero) is 2. The van der Waals surface area contributed by atoms with Gasteiger partial charge in [-0.1, -0.05) is 31.6 Å². The van der Waals surface area contributed by atoms with E-state index < -0.39 is 53.3 Å². The minimum absolute atomic E-state index is 0.0631. The first-order valence-electron chi connectivity index (χ1n) is 12.5. The molecule has 10 heteroatoms. The molecule has 4 aliphatic heterocycles. The van der Waals surface area contributed by atoms with Gasteiger partial charge in [-0.05, 0) is 26.8 Å². The Balaban J connectivity index is 1.62. The number of methoxy groups -OCH3 is 1. The number of carbonyl (C=O) groups excluding carboxylic acids is 4. The summed E-state index contributed by atoms with van der Waals surface area (Å²) in [6.45, 7) is 9.05. The van der Waals surface area contributed by atoms with Crippen LogP contribution in [0.1, 0.15) is 41.0 Å². The molecule has 0 radical (unpaired) electrons. The minimum Gasteiger partial charge on any atom is -0.507 e. The van der Waals surface area contributed by atoms with Gasteiger partial charge < -0.3 is 29.0 Å². The molecule has 2 bridgehead atoms. The van der Waals surface area contributed by atoms with Gasteiger partial charge in [0.1, 0.15) is 29.0 Å². The molecule has 4 saturated heterocycles. The maximum Gasteiger partial charge on any atom is 0.316 e. The second kappa shape index (κ2) is 9.49. The van der Waals surface area contributed by atoms with Crippen LogP contribution in [0, 0.1) is 17.8 Å². The summed E-state index contributed by atoms with van der Waals surface area (Å²) in [5, 5.41) is 10.3. The molecule has 4 fully saturated rings. The summed E-state index contributed by atoms with van der Waals surface area (Å²) in [5.74, 6) is -4.83. The van der Waals surface area contributed by atoms with E-state index in [0.717, 1.165) is 5.57 Å². The van der Waals surface area contributed by atoms with E-state index in [1.165, 1.54) is 25.1 Å². The second-order valence-corrected chi connectivity index (χ2v) is 10.8. The molecule has 4 aliphatic rings. The molecule has 0 aliphatic carbocycles. The van der Waals surface area contributed by atoms with Gasteiger partial charge in [-0.2, -0.15) is 0 Å². The van der Waals surface area contributed by atoms with Crippen LogP contribution in [0.15, 0.2) is 35.1 Å². The van der Waals surface area contributed by atoms with Gasteiger partial charge in [0.2, 0.25) is 5.79 Å². The number of aliphatic hydroxyl groups is 1. The number of hydrogen-bond donors (Lipinski definition) is 1. The Kier molecular flexibility index (Phi) is 6.98. The van der Waals surface area contributed by atoms with Gasteiger partial charge in [0.25, 0.3) is 5.91 Å². The summed E-state index contributed by atoms with van der Waals surface area (Å²) in [4.78, 5) is 51.3. The number of nitrogens with zero attached hydrogens (tertiary/aromatic N) is 1. The first-order chi connectivity index (χ1) is 17.3. The topological polar surface area (TPSA) is 129 Å². The molecule has 8 atom stereocenters. The maximum atomic E-state index is 13.1. The number of carbonyl (C=O) groups is 4. The molecular formula is C27H35NO9. The van der Waals surface area contributed by atoms with Crippen LogP contribution in [-0.2, 0) is 38.1 Å². The lowest BCUT2D eigenvalue weighted by Crippen LogP contribution is -2.71. The van der Waals surface area contributed by atoms with Crippen molar-refractivity contribution in [2.24, 2.45) is 17.8 Å². The van der Waals surface area contributed by atoms with E-state index in [-0.39, 0.29) is 41.9 Å². The Bertz CT molecular complexity index is 1120. The van der Waals surface area contributed by atoms with Crippen molar-refractivity contribution < 1.29 is 43.2 Å². The van der Waals surface area contributed by atoms with Crippen LogP contribution < -0.4 is 0 Å². The van der Waals surface area contributed by atoms with E-state index >= 15 is 0 Å². The van der Waals surface area contributed by atoms with Crippen LogP contribution in [0.5, 0.6) is 0 Å². The van der Waals surface area contributed by atoms with Crippen molar-refractivity contribution in [3.63, 3.8) is 0 Å². The smallest absolute Gasteiger partial charge is 0.316 e. The highest BCUT2D eigenvalue weighted by molar-refractivity contribution is 6.25. The fourth-order valence-electron chi connectivity index (χ4n) is 6.20. The summed E-state index contributed by atoms with van der Waals surface area (Å²) < 4.78 is 24.1. The number of aliphatic hydroxyl groups excluding tert-OH is 1. The molecule has 4 heterocycles. The predicted octanol–water partition coefficient (Wildman–Crippen LogP) is 2.03. The monoisotopic (exact) mass is 517 g/mol. The fraction of sp³-hybridized carbons (Fsp3) is 0.630. The number of ether oxygens (including phenoxy) is 4. The molecule has 0 aromatic heterocycles. The number of ketones is 2. The van der Waals surface area contributed by atoms with E-state index in [4.69, 9.17) is 18.9 Å². The summed E-state index contributed by atoms with van der Waals surface area (Å²) in [5.41, 5.74) is -0.637. The van der Waals surface area contributed by atoms with E-state index in [2.05, 4.69) is 0 Å². The zero-order valence-corrected chi connectivity index (χ0v) is 22.3. The number of hydrogen-bond acceptors (Lipinski definition) is 9. The molecule has 10 nitrogen and oxygen atoms in total. The number of likely N-dealkylation sites (tertiary alicyclic amines) is 1. The van der Waals surface area contributed by atoms with Gasteiger partial charge in [0.05, 0.1) is 25.9 Å². The molecule has 1 spiro atoms. The Morgan fingerprint density at radius 1 is 1.19 bits per heavy atom. The lowest BCUT2D eigenvalue weighted by atomic mass is 9.73. The van der Waals surface area contributed by atoms with Crippen LogP contribution in [-0.4, -0.2) is 83.9 Å². The molecular weight excluding hydrogens is 482 g/mol. The summed E-state index contributed by atoms with van der Waals surface area (Å²) >= 11 is 0. The average molecular weight is 518 g/mol. The molecule has 1 N–H and O–H groups in total. The number of rotatable bonds is 5. The SMILES string of the molecule is COC(=O)[C@H]1[C@@H](C)O[C@@]2(C)CC(=O)[C@H]3O[C@@]12O[C@H]([C@H](C)/C=C(C)/C=C/C(O)=C1/C(=O)CN(C)C1=O)[C@H]3C.